The van der Waals surface area contributed by atoms with Gasteiger partial charge in [-0.2, -0.15) is 0 Å². The fourth-order valence-electron chi connectivity index (χ4n) is 3.10. The zero-order valence-electron chi connectivity index (χ0n) is 15.6. The number of nitrogens with zero attached hydrogens (tertiary/aromatic N) is 2. The second-order valence-electron chi connectivity index (χ2n) is 6.68. The van der Waals surface area contributed by atoms with Crippen molar-refractivity contribution in [1.29, 1.82) is 0 Å². The van der Waals surface area contributed by atoms with E-state index < -0.39 is 4.92 Å². The third-order valence-corrected chi connectivity index (χ3v) is 4.69. The molecule has 1 heterocycles. The molecule has 8 nitrogen and oxygen atoms in total. The van der Waals surface area contributed by atoms with Crippen molar-refractivity contribution in [2.45, 2.75) is 13.3 Å². The number of nitro groups is 1. The predicted molar refractivity (Wildman–Crippen MR) is 106 cm³/mol. The summed E-state index contributed by atoms with van der Waals surface area (Å²) in [6.45, 7) is 4.93. The van der Waals surface area contributed by atoms with E-state index in [0.29, 0.717) is 23.4 Å². The summed E-state index contributed by atoms with van der Waals surface area (Å²) in [5.74, 6) is -0.379. The number of nitrogens with one attached hydrogen (secondary N) is 2. The Morgan fingerprint density at radius 3 is 2.46 bits per heavy atom. The molecule has 0 atom stereocenters. The monoisotopic (exact) mass is 382 g/mol. The summed E-state index contributed by atoms with van der Waals surface area (Å²) in [5, 5.41) is 16.8. The first-order valence-corrected chi connectivity index (χ1v) is 9.12. The molecule has 0 unspecified atom stereocenters. The molecule has 3 rings (SSSR count). The van der Waals surface area contributed by atoms with E-state index in [1.165, 1.54) is 24.3 Å². The van der Waals surface area contributed by atoms with Gasteiger partial charge in [0.25, 0.3) is 17.5 Å². The Morgan fingerprint density at radius 1 is 1.07 bits per heavy atom. The Morgan fingerprint density at radius 2 is 1.79 bits per heavy atom. The van der Waals surface area contributed by atoms with Crippen molar-refractivity contribution in [2.75, 3.05) is 31.5 Å². The fourth-order valence-corrected chi connectivity index (χ4v) is 3.10. The van der Waals surface area contributed by atoms with Gasteiger partial charge in [0.05, 0.1) is 4.92 Å². The minimum absolute atomic E-state index is 0.0138. The van der Waals surface area contributed by atoms with Crippen LogP contribution in [0.1, 0.15) is 32.7 Å². The van der Waals surface area contributed by atoms with E-state index in [0.717, 1.165) is 31.6 Å². The van der Waals surface area contributed by atoms with Crippen LogP contribution in [0.5, 0.6) is 0 Å². The van der Waals surface area contributed by atoms with Gasteiger partial charge in [0.1, 0.15) is 0 Å². The summed E-state index contributed by atoms with van der Waals surface area (Å²) in [5.41, 5.74) is 2.21. The first-order chi connectivity index (χ1) is 13.5. The molecule has 28 heavy (non-hydrogen) atoms. The first-order valence-electron chi connectivity index (χ1n) is 9.12. The predicted octanol–water partition coefficient (Wildman–Crippen LogP) is 2.59. The van der Waals surface area contributed by atoms with Gasteiger partial charge in [0.15, 0.2) is 0 Å². The van der Waals surface area contributed by atoms with Crippen LogP contribution in [-0.2, 0) is 0 Å². The average Bonchev–Trinajstić information content (AvgIpc) is 2.98. The van der Waals surface area contributed by atoms with Crippen LogP contribution in [0.3, 0.4) is 0 Å². The maximum absolute atomic E-state index is 12.7. The van der Waals surface area contributed by atoms with E-state index in [1.54, 1.807) is 18.2 Å². The molecule has 1 fully saturated rings. The molecule has 2 aromatic rings. The highest BCUT2D eigenvalue weighted by molar-refractivity contribution is 6.05. The van der Waals surface area contributed by atoms with E-state index in [4.69, 9.17) is 0 Å². The van der Waals surface area contributed by atoms with Gasteiger partial charge in [0, 0.05) is 48.6 Å². The van der Waals surface area contributed by atoms with Crippen molar-refractivity contribution < 1.29 is 14.5 Å². The van der Waals surface area contributed by atoms with Crippen molar-refractivity contribution in [3.8, 4) is 0 Å². The number of non-ortho nitro benzene ring substituents is 1. The Bertz CT molecular complexity index is 888. The molecule has 0 aromatic heterocycles. The SMILES string of the molecule is Cc1cc(C(=O)N2CCCNCC2)ccc1NC(=O)c1ccc([N+](=O)[O-])cc1. The summed E-state index contributed by atoms with van der Waals surface area (Å²) in [4.78, 5) is 37.1. The highest BCUT2D eigenvalue weighted by Crippen LogP contribution is 2.20. The van der Waals surface area contributed by atoms with Gasteiger partial charge in [-0.05, 0) is 55.8 Å². The van der Waals surface area contributed by atoms with Crippen molar-refractivity contribution in [3.63, 3.8) is 0 Å². The van der Waals surface area contributed by atoms with Gasteiger partial charge >= 0.3 is 0 Å². The van der Waals surface area contributed by atoms with Crippen LogP contribution in [-0.4, -0.2) is 47.8 Å². The fraction of sp³-hybridized carbons (Fsp3) is 0.300. The number of carbonyl (C=O) groups excluding carboxylic acids is 2. The van der Waals surface area contributed by atoms with Crippen LogP contribution in [0.15, 0.2) is 42.5 Å². The van der Waals surface area contributed by atoms with Crippen molar-refractivity contribution in [1.82, 2.24) is 10.2 Å². The lowest BCUT2D eigenvalue weighted by molar-refractivity contribution is -0.384. The topological polar surface area (TPSA) is 105 Å². The summed E-state index contributed by atoms with van der Waals surface area (Å²) >= 11 is 0. The molecule has 0 aliphatic carbocycles. The molecule has 2 aromatic carbocycles. The molecule has 2 N–H and O–H groups in total. The standard InChI is InChI=1S/C20H22N4O4/c1-14-13-16(20(26)23-11-2-9-21-10-12-23)5-8-18(14)22-19(25)15-3-6-17(7-4-15)24(27)28/h3-8,13,21H,2,9-12H2,1H3,(H,22,25). The molecule has 1 aliphatic heterocycles. The largest absolute Gasteiger partial charge is 0.337 e. The van der Waals surface area contributed by atoms with Crippen LogP contribution < -0.4 is 10.6 Å². The number of aryl methyl sites for hydroxylation is 1. The number of anilines is 1. The Hall–Kier alpha value is -3.26. The van der Waals surface area contributed by atoms with E-state index in [1.807, 2.05) is 11.8 Å². The maximum atomic E-state index is 12.7. The lowest BCUT2D eigenvalue weighted by Crippen LogP contribution is -2.34. The van der Waals surface area contributed by atoms with Crippen LogP contribution >= 0.6 is 0 Å². The third kappa shape index (κ3) is 4.52. The zero-order valence-corrected chi connectivity index (χ0v) is 15.6. The third-order valence-electron chi connectivity index (χ3n) is 4.69. The van der Waals surface area contributed by atoms with Gasteiger partial charge in [-0.1, -0.05) is 0 Å². The van der Waals surface area contributed by atoms with E-state index >= 15 is 0 Å². The van der Waals surface area contributed by atoms with Crippen molar-refractivity contribution in [3.05, 3.63) is 69.3 Å². The molecule has 1 aliphatic rings. The number of hydrogen-bond donors (Lipinski definition) is 2. The minimum atomic E-state index is -0.512. The molecule has 0 saturated carbocycles. The Labute approximate surface area is 162 Å². The quantitative estimate of drug-likeness (QED) is 0.625. The number of benzene rings is 2. The van der Waals surface area contributed by atoms with E-state index in [2.05, 4.69) is 10.6 Å². The van der Waals surface area contributed by atoms with Crippen LogP contribution in [0.25, 0.3) is 0 Å². The van der Waals surface area contributed by atoms with Crippen molar-refractivity contribution >= 4 is 23.2 Å². The second kappa shape index (κ2) is 8.62. The molecule has 0 spiro atoms. The van der Waals surface area contributed by atoms with E-state index in [9.17, 15) is 19.7 Å². The lowest BCUT2D eigenvalue weighted by Gasteiger charge is -2.20. The van der Waals surface area contributed by atoms with Gasteiger partial charge in [-0.25, -0.2) is 0 Å². The highest BCUT2D eigenvalue weighted by Gasteiger charge is 2.18. The number of carbonyl (C=O) groups is 2. The normalized spacial score (nSPS) is 14.2. The van der Waals surface area contributed by atoms with Gasteiger partial charge in [-0.3, -0.25) is 19.7 Å². The number of nitro benzene ring substituents is 1. The molecule has 0 bridgehead atoms. The summed E-state index contributed by atoms with van der Waals surface area (Å²) in [6.07, 6.45) is 0.925. The average molecular weight is 382 g/mol. The maximum Gasteiger partial charge on any atom is 0.269 e. The Kier molecular flexibility index (Phi) is 6.00. The molecular weight excluding hydrogens is 360 g/mol. The van der Waals surface area contributed by atoms with Crippen LogP contribution in [0.2, 0.25) is 0 Å². The highest BCUT2D eigenvalue weighted by atomic mass is 16.6. The second-order valence-corrected chi connectivity index (χ2v) is 6.68. The smallest absolute Gasteiger partial charge is 0.269 e. The molecule has 1 saturated heterocycles. The molecular formula is C20H22N4O4. The molecule has 2 amide bonds. The summed E-state index contributed by atoms with van der Waals surface area (Å²) in [6, 6.07) is 10.6. The van der Waals surface area contributed by atoms with Crippen LogP contribution in [0, 0.1) is 17.0 Å². The minimum Gasteiger partial charge on any atom is -0.337 e. The van der Waals surface area contributed by atoms with Crippen LogP contribution in [0.4, 0.5) is 11.4 Å². The summed E-state index contributed by atoms with van der Waals surface area (Å²) in [7, 11) is 0. The first kappa shape index (κ1) is 19.5. The summed E-state index contributed by atoms with van der Waals surface area (Å²) < 4.78 is 0. The van der Waals surface area contributed by atoms with Gasteiger partial charge in [-0.15, -0.1) is 0 Å². The molecule has 146 valence electrons. The van der Waals surface area contributed by atoms with Crippen molar-refractivity contribution in [2.24, 2.45) is 0 Å². The van der Waals surface area contributed by atoms with Gasteiger partial charge < -0.3 is 15.5 Å². The molecule has 0 radical (unpaired) electrons. The number of hydrogen-bond acceptors (Lipinski definition) is 5. The molecule has 8 heteroatoms. The zero-order chi connectivity index (χ0) is 20.1. The lowest BCUT2D eigenvalue weighted by atomic mass is 10.1. The Balaban J connectivity index is 1.70. The number of amides is 2. The van der Waals surface area contributed by atoms with Gasteiger partial charge in [0.2, 0.25) is 0 Å². The number of rotatable bonds is 4. The van der Waals surface area contributed by atoms with E-state index in [-0.39, 0.29) is 17.5 Å².